The van der Waals surface area contributed by atoms with Crippen LogP contribution in [0.25, 0.3) is 0 Å². The predicted molar refractivity (Wildman–Crippen MR) is 35.3 cm³/mol. The summed E-state index contributed by atoms with van der Waals surface area (Å²) < 4.78 is 5.06. The molecular formula is C7H14O2. The van der Waals surface area contributed by atoms with Gasteiger partial charge >= 0.3 is 0 Å². The van der Waals surface area contributed by atoms with Crippen LogP contribution >= 0.6 is 0 Å². The van der Waals surface area contributed by atoms with Gasteiger partial charge in [-0.05, 0) is 13.3 Å². The molecule has 1 heterocycles. The van der Waals surface area contributed by atoms with E-state index < -0.39 is 0 Å². The Hall–Kier alpha value is -0.0800. The molecular weight excluding hydrogens is 116 g/mol. The van der Waals surface area contributed by atoms with Gasteiger partial charge in [0.15, 0.2) is 0 Å². The van der Waals surface area contributed by atoms with Crippen molar-refractivity contribution in [2.75, 3.05) is 6.61 Å². The van der Waals surface area contributed by atoms with Crippen molar-refractivity contribution < 1.29 is 9.84 Å². The van der Waals surface area contributed by atoms with Gasteiger partial charge in [-0.2, -0.15) is 0 Å². The monoisotopic (exact) mass is 130 g/mol. The van der Waals surface area contributed by atoms with Crippen LogP contribution in [0.3, 0.4) is 0 Å². The molecule has 2 unspecified atom stereocenters. The Labute approximate surface area is 55.8 Å². The molecule has 0 saturated carbocycles. The lowest BCUT2D eigenvalue weighted by Crippen LogP contribution is -2.25. The molecule has 0 radical (unpaired) electrons. The van der Waals surface area contributed by atoms with Crippen LogP contribution in [-0.4, -0.2) is 23.4 Å². The largest absolute Gasteiger partial charge is 0.390 e. The maximum Gasteiger partial charge on any atom is 0.115 e. The Morgan fingerprint density at radius 2 is 2.33 bits per heavy atom. The molecule has 0 amide bonds. The Balaban J connectivity index is 2.24. The number of rotatable bonds is 3. The average Bonchev–Trinajstić information content (AvgIpc) is 2.50. The van der Waals surface area contributed by atoms with Gasteiger partial charge in [-0.15, -0.1) is 0 Å². The summed E-state index contributed by atoms with van der Waals surface area (Å²) in [6.07, 6.45) is 1.64. The van der Waals surface area contributed by atoms with Gasteiger partial charge in [0.05, 0.1) is 12.7 Å². The molecule has 0 aromatic heterocycles. The van der Waals surface area contributed by atoms with Crippen molar-refractivity contribution in [1.82, 2.24) is 0 Å². The summed E-state index contributed by atoms with van der Waals surface area (Å²) in [5, 5.41) is 9.32. The van der Waals surface area contributed by atoms with Crippen LogP contribution < -0.4 is 0 Å². The van der Waals surface area contributed by atoms with Crippen molar-refractivity contribution in [3.8, 4) is 0 Å². The molecule has 1 fully saturated rings. The summed E-state index contributed by atoms with van der Waals surface area (Å²) >= 11 is 0. The molecule has 2 heteroatoms. The first-order valence-corrected chi connectivity index (χ1v) is 3.51. The van der Waals surface area contributed by atoms with Gasteiger partial charge < -0.3 is 9.84 Å². The van der Waals surface area contributed by atoms with Crippen LogP contribution in [0.15, 0.2) is 0 Å². The fraction of sp³-hybridized carbons (Fsp3) is 1.00. The molecule has 1 saturated heterocycles. The molecule has 0 bridgehead atoms. The number of aliphatic hydroxyl groups excluding tert-OH is 1. The molecule has 2 atom stereocenters. The lowest BCUT2D eigenvalue weighted by molar-refractivity contribution is 0.0769. The SMILES string of the molecule is CCCC(O)C1(C)CO1. The second-order valence-electron chi connectivity index (χ2n) is 2.91. The number of hydrogen-bond acceptors (Lipinski definition) is 2. The van der Waals surface area contributed by atoms with E-state index in [4.69, 9.17) is 4.74 Å². The first kappa shape index (κ1) is 7.03. The van der Waals surface area contributed by atoms with Crippen LogP contribution in [0.4, 0.5) is 0 Å². The van der Waals surface area contributed by atoms with E-state index in [1.165, 1.54) is 0 Å². The van der Waals surface area contributed by atoms with Crippen molar-refractivity contribution in [3.63, 3.8) is 0 Å². The average molecular weight is 130 g/mol. The molecule has 54 valence electrons. The third kappa shape index (κ3) is 1.43. The lowest BCUT2D eigenvalue weighted by Gasteiger charge is -2.12. The van der Waals surface area contributed by atoms with Crippen molar-refractivity contribution >= 4 is 0 Å². The molecule has 1 rings (SSSR count). The zero-order chi connectivity index (χ0) is 6.91. The van der Waals surface area contributed by atoms with Gasteiger partial charge in [0.2, 0.25) is 0 Å². The van der Waals surface area contributed by atoms with Gasteiger partial charge in [-0.1, -0.05) is 13.3 Å². The van der Waals surface area contributed by atoms with Crippen molar-refractivity contribution in [2.24, 2.45) is 0 Å². The molecule has 0 aromatic carbocycles. The molecule has 0 aromatic rings. The molecule has 1 N–H and O–H groups in total. The second-order valence-corrected chi connectivity index (χ2v) is 2.91. The zero-order valence-corrected chi connectivity index (χ0v) is 6.05. The Bertz CT molecular complexity index is 97.1. The Kier molecular flexibility index (Phi) is 1.78. The highest BCUT2D eigenvalue weighted by Gasteiger charge is 2.45. The molecule has 9 heavy (non-hydrogen) atoms. The third-order valence-corrected chi connectivity index (χ3v) is 1.87. The summed E-state index contributed by atoms with van der Waals surface area (Å²) in [5.41, 5.74) is -0.185. The van der Waals surface area contributed by atoms with E-state index in [1.807, 2.05) is 6.92 Å². The summed E-state index contributed by atoms with van der Waals surface area (Å²) in [6.45, 7) is 4.75. The zero-order valence-electron chi connectivity index (χ0n) is 6.05. The van der Waals surface area contributed by atoms with Gasteiger partial charge in [0.25, 0.3) is 0 Å². The summed E-state index contributed by atoms with van der Waals surface area (Å²) in [7, 11) is 0. The standard InChI is InChI=1S/C7H14O2/c1-3-4-6(8)7(2)5-9-7/h6,8H,3-5H2,1-2H3. The van der Waals surface area contributed by atoms with E-state index in [1.54, 1.807) is 0 Å². The smallest absolute Gasteiger partial charge is 0.115 e. The van der Waals surface area contributed by atoms with E-state index in [0.717, 1.165) is 19.4 Å². The van der Waals surface area contributed by atoms with Gasteiger partial charge in [0.1, 0.15) is 5.60 Å². The van der Waals surface area contributed by atoms with E-state index in [0.29, 0.717) is 0 Å². The summed E-state index contributed by atoms with van der Waals surface area (Å²) in [4.78, 5) is 0. The minimum absolute atomic E-state index is 0.185. The van der Waals surface area contributed by atoms with Crippen LogP contribution in [0.5, 0.6) is 0 Å². The van der Waals surface area contributed by atoms with E-state index >= 15 is 0 Å². The number of aliphatic hydroxyl groups is 1. The third-order valence-electron chi connectivity index (χ3n) is 1.87. The highest BCUT2D eigenvalue weighted by atomic mass is 16.6. The topological polar surface area (TPSA) is 32.8 Å². The molecule has 2 nitrogen and oxygen atoms in total. The Morgan fingerprint density at radius 1 is 1.78 bits per heavy atom. The summed E-state index contributed by atoms with van der Waals surface area (Å²) in [5.74, 6) is 0. The second kappa shape index (κ2) is 2.27. The minimum Gasteiger partial charge on any atom is -0.390 e. The van der Waals surface area contributed by atoms with E-state index in [-0.39, 0.29) is 11.7 Å². The van der Waals surface area contributed by atoms with Crippen LogP contribution in [0.1, 0.15) is 26.7 Å². The molecule has 0 spiro atoms. The lowest BCUT2D eigenvalue weighted by atomic mass is 10.0. The summed E-state index contributed by atoms with van der Waals surface area (Å²) in [6, 6.07) is 0. The van der Waals surface area contributed by atoms with Crippen LogP contribution in [0.2, 0.25) is 0 Å². The maximum atomic E-state index is 9.32. The number of hydrogen-bond donors (Lipinski definition) is 1. The molecule has 0 aliphatic carbocycles. The normalized spacial score (nSPS) is 36.3. The van der Waals surface area contributed by atoms with Gasteiger partial charge in [-0.3, -0.25) is 0 Å². The first-order chi connectivity index (χ1) is 4.19. The number of ether oxygens (including phenoxy) is 1. The quantitative estimate of drug-likeness (QED) is 0.576. The predicted octanol–water partition coefficient (Wildman–Crippen LogP) is 0.936. The van der Waals surface area contributed by atoms with Crippen molar-refractivity contribution in [2.45, 2.75) is 38.4 Å². The fourth-order valence-corrected chi connectivity index (χ4v) is 0.885. The molecule has 1 aliphatic rings. The Morgan fingerprint density at radius 3 is 2.67 bits per heavy atom. The maximum absolute atomic E-state index is 9.32. The van der Waals surface area contributed by atoms with Crippen LogP contribution in [-0.2, 0) is 4.74 Å². The fourth-order valence-electron chi connectivity index (χ4n) is 0.885. The highest BCUT2D eigenvalue weighted by Crippen LogP contribution is 2.31. The first-order valence-electron chi connectivity index (χ1n) is 3.51. The van der Waals surface area contributed by atoms with E-state index in [2.05, 4.69) is 6.92 Å². The van der Waals surface area contributed by atoms with Gasteiger partial charge in [-0.25, -0.2) is 0 Å². The minimum atomic E-state index is -0.248. The molecule has 1 aliphatic heterocycles. The van der Waals surface area contributed by atoms with Crippen molar-refractivity contribution in [3.05, 3.63) is 0 Å². The highest BCUT2D eigenvalue weighted by molar-refractivity contribution is 4.93. The van der Waals surface area contributed by atoms with Crippen molar-refractivity contribution in [1.29, 1.82) is 0 Å². The van der Waals surface area contributed by atoms with E-state index in [9.17, 15) is 5.11 Å². The number of epoxide rings is 1. The van der Waals surface area contributed by atoms with Gasteiger partial charge in [0, 0.05) is 0 Å². The van der Waals surface area contributed by atoms with Crippen LogP contribution in [0, 0.1) is 0 Å².